The third-order valence-electron chi connectivity index (χ3n) is 5.29. The second-order valence-corrected chi connectivity index (χ2v) is 7.62. The van der Waals surface area contributed by atoms with Gasteiger partial charge in [0.2, 0.25) is 5.91 Å². The number of halogens is 1. The second-order valence-electron chi connectivity index (χ2n) is 7.21. The number of anilines is 1. The number of fused-ring (bicyclic) bond motifs is 1. The van der Waals surface area contributed by atoms with Crippen molar-refractivity contribution in [2.24, 2.45) is 0 Å². The number of hydrogen-bond donors (Lipinski definition) is 2. The number of benzene rings is 2. The first-order valence-corrected chi connectivity index (χ1v) is 10.8. The van der Waals surface area contributed by atoms with Crippen LogP contribution in [-0.4, -0.2) is 29.1 Å². The summed E-state index contributed by atoms with van der Waals surface area (Å²) in [5.41, 5.74) is 2.95. The molecule has 30 heavy (non-hydrogen) atoms. The minimum absolute atomic E-state index is 0.0321. The van der Waals surface area contributed by atoms with Gasteiger partial charge in [0.1, 0.15) is 11.3 Å². The molecule has 0 spiro atoms. The normalized spacial score (nSPS) is 12.0. The molecule has 3 rings (SSSR count). The molecule has 2 aromatic carbocycles. The van der Waals surface area contributed by atoms with Gasteiger partial charge in [0.15, 0.2) is 0 Å². The average Bonchev–Trinajstić information content (AvgIpc) is 2.76. The standard InChI is InChI=1S/C24H28ClN3O2/c1-4-8-21(29)27-22(16-10-12-17(13-11-16)28(5-2)6-3)19-15-20(25)18-9-7-14-26-23(18)24(19)30/h7,9-15,22,30H,4-6,8H2,1-3H3,(H,27,29)/t22-/m1/s1. The van der Waals surface area contributed by atoms with Crippen LogP contribution in [0, 0.1) is 0 Å². The zero-order chi connectivity index (χ0) is 21.7. The van der Waals surface area contributed by atoms with Gasteiger partial charge >= 0.3 is 0 Å². The van der Waals surface area contributed by atoms with E-state index in [0.717, 1.165) is 30.8 Å². The number of nitrogens with zero attached hydrogens (tertiary/aromatic N) is 2. The summed E-state index contributed by atoms with van der Waals surface area (Å²) in [5, 5.41) is 15.2. The number of carbonyl (C=O) groups is 1. The Labute approximate surface area is 182 Å². The maximum absolute atomic E-state index is 12.5. The number of pyridine rings is 1. The van der Waals surface area contributed by atoms with Crippen LogP contribution in [0.4, 0.5) is 5.69 Å². The Morgan fingerprint density at radius 2 is 1.87 bits per heavy atom. The molecule has 1 heterocycles. The molecule has 0 saturated carbocycles. The number of aromatic hydroxyl groups is 1. The quantitative estimate of drug-likeness (QED) is 0.504. The van der Waals surface area contributed by atoms with Gasteiger partial charge in [-0.2, -0.15) is 0 Å². The summed E-state index contributed by atoms with van der Waals surface area (Å²) < 4.78 is 0. The SMILES string of the molecule is CCCC(=O)N[C@H](c1ccc(N(CC)CC)cc1)c1cc(Cl)c2cccnc2c1O. The minimum atomic E-state index is -0.529. The molecule has 0 fully saturated rings. The summed E-state index contributed by atoms with van der Waals surface area (Å²) in [7, 11) is 0. The number of aromatic nitrogens is 1. The number of rotatable bonds is 8. The minimum Gasteiger partial charge on any atom is -0.505 e. The number of phenols is 1. The first-order chi connectivity index (χ1) is 14.5. The van der Waals surface area contributed by atoms with E-state index in [1.54, 1.807) is 18.3 Å². The summed E-state index contributed by atoms with van der Waals surface area (Å²) in [5.74, 6) is -0.0448. The summed E-state index contributed by atoms with van der Waals surface area (Å²) >= 11 is 6.50. The largest absolute Gasteiger partial charge is 0.505 e. The number of nitrogens with one attached hydrogen (secondary N) is 1. The molecule has 0 radical (unpaired) electrons. The maximum Gasteiger partial charge on any atom is 0.220 e. The van der Waals surface area contributed by atoms with Crippen molar-refractivity contribution in [1.82, 2.24) is 10.3 Å². The molecule has 0 aliphatic rings. The molecular formula is C24H28ClN3O2. The second kappa shape index (κ2) is 9.81. The van der Waals surface area contributed by atoms with Crippen molar-refractivity contribution in [3.05, 3.63) is 64.8 Å². The lowest BCUT2D eigenvalue weighted by Gasteiger charge is -2.24. The number of carbonyl (C=O) groups excluding carboxylic acids is 1. The van der Waals surface area contributed by atoms with Crippen LogP contribution < -0.4 is 10.2 Å². The van der Waals surface area contributed by atoms with Gasteiger partial charge in [-0.25, -0.2) is 0 Å². The fourth-order valence-electron chi connectivity index (χ4n) is 3.69. The number of phenolic OH excluding ortho intramolecular Hbond substituents is 1. The fourth-order valence-corrected chi connectivity index (χ4v) is 3.96. The third-order valence-corrected chi connectivity index (χ3v) is 5.61. The van der Waals surface area contributed by atoms with Crippen LogP contribution in [0.1, 0.15) is 50.8 Å². The van der Waals surface area contributed by atoms with E-state index in [1.807, 2.05) is 37.3 Å². The van der Waals surface area contributed by atoms with Gasteiger partial charge in [0.25, 0.3) is 0 Å². The fraction of sp³-hybridized carbons (Fsp3) is 0.333. The number of amides is 1. The van der Waals surface area contributed by atoms with E-state index in [4.69, 9.17) is 11.6 Å². The maximum atomic E-state index is 12.5. The lowest BCUT2D eigenvalue weighted by Crippen LogP contribution is -2.29. The molecule has 1 atom stereocenters. The predicted molar refractivity (Wildman–Crippen MR) is 123 cm³/mol. The van der Waals surface area contributed by atoms with Gasteiger partial charge in [-0.3, -0.25) is 9.78 Å². The Kier molecular flexibility index (Phi) is 7.16. The smallest absolute Gasteiger partial charge is 0.220 e. The van der Waals surface area contributed by atoms with Crippen molar-refractivity contribution in [2.75, 3.05) is 18.0 Å². The predicted octanol–water partition coefficient (Wildman–Crippen LogP) is 5.45. The molecule has 0 aliphatic carbocycles. The van der Waals surface area contributed by atoms with E-state index in [2.05, 4.69) is 29.0 Å². The van der Waals surface area contributed by atoms with Crippen molar-refractivity contribution in [3.63, 3.8) is 0 Å². The summed E-state index contributed by atoms with van der Waals surface area (Å²) in [6, 6.07) is 12.8. The van der Waals surface area contributed by atoms with Gasteiger partial charge in [-0.1, -0.05) is 30.7 Å². The molecule has 1 amide bonds. The van der Waals surface area contributed by atoms with E-state index in [-0.39, 0.29) is 11.7 Å². The zero-order valence-electron chi connectivity index (χ0n) is 17.7. The van der Waals surface area contributed by atoms with E-state index >= 15 is 0 Å². The van der Waals surface area contributed by atoms with Gasteiger partial charge in [0.05, 0.1) is 11.1 Å². The molecule has 2 N–H and O–H groups in total. The van der Waals surface area contributed by atoms with E-state index in [1.165, 1.54) is 0 Å². The highest BCUT2D eigenvalue weighted by molar-refractivity contribution is 6.35. The molecule has 0 aliphatic heterocycles. The molecular weight excluding hydrogens is 398 g/mol. The number of hydrogen-bond acceptors (Lipinski definition) is 4. The Balaban J connectivity index is 2.09. The molecule has 0 saturated heterocycles. The first kappa shape index (κ1) is 21.9. The van der Waals surface area contributed by atoms with E-state index < -0.39 is 6.04 Å². The lowest BCUT2D eigenvalue weighted by atomic mass is 9.95. The van der Waals surface area contributed by atoms with Crippen LogP contribution in [0.5, 0.6) is 5.75 Å². The van der Waals surface area contributed by atoms with Gasteiger partial charge in [-0.15, -0.1) is 0 Å². The van der Waals surface area contributed by atoms with Crippen LogP contribution >= 0.6 is 11.6 Å². The van der Waals surface area contributed by atoms with Crippen molar-refractivity contribution in [1.29, 1.82) is 0 Å². The Bertz CT molecular complexity index is 1020. The van der Waals surface area contributed by atoms with Crippen LogP contribution in [0.2, 0.25) is 5.02 Å². The molecule has 5 nitrogen and oxygen atoms in total. The van der Waals surface area contributed by atoms with Crippen LogP contribution in [0.25, 0.3) is 10.9 Å². The van der Waals surface area contributed by atoms with Crippen molar-refractivity contribution < 1.29 is 9.90 Å². The Morgan fingerprint density at radius 3 is 2.50 bits per heavy atom. The molecule has 0 unspecified atom stereocenters. The highest BCUT2D eigenvalue weighted by atomic mass is 35.5. The molecule has 1 aromatic heterocycles. The summed E-state index contributed by atoms with van der Waals surface area (Å²) in [4.78, 5) is 19.0. The average molecular weight is 426 g/mol. The van der Waals surface area contributed by atoms with Crippen LogP contribution in [-0.2, 0) is 4.79 Å². The van der Waals surface area contributed by atoms with Crippen LogP contribution in [0.15, 0.2) is 48.7 Å². The van der Waals surface area contributed by atoms with E-state index in [9.17, 15) is 9.90 Å². The monoisotopic (exact) mass is 425 g/mol. The first-order valence-electron chi connectivity index (χ1n) is 10.4. The highest BCUT2D eigenvalue weighted by Gasteiger charge is 2.23. The lowest BCUT2D eigenvalue weighted by molar-refractivity contribution is -0.121. The highest BCUT2D eigenvalue weighted by Crippen LogP contribution is 2.38. The van der Waals surface area contributed by atoms with Crippen molar-refractivity contribution in [3.8, 4) is 5.75 Å². The van der Waals surface area contributed by atoms with Gasteiger partial charge in [0, 0.05) is 42.3 Å². The van der Waals surface area contributed by atoms with Crippen LogP contribution in [0.3, 0.4) is 0 Å². The van der Waals surface area contributed by atoms with Crippen molar-refractivity contribution >= 4 is 34.1 Å². The Morgan fingerprint density at radius 1 is 1.17 bits per heavy atom. The third kappa shape index (κ3) is 4.51. The summed E-state index contributed by atoms with van der Waals surface area (Å²) in [6.07, 6.45) is 2.77. The molecule has 3 aromatic rings. The topological polar surface area (TPSA) is 65.5 Å². The Hall–Kier alpha value is -2.79. The van der Waals surface area contributed by atoms with Gasteiger partial charge < -0.3 is 15.3 Å². The van der Waals surface area contributed by atoms with Crippen molar-refractivity contribution in [2.45, 2.75) is 39.7 Å². The van der Waals surface area contributed by atoms with E-state index in [0.29, 0.717) is 27.9 Å². The molecule has 6 heteroatoms. The zero-order valence-corrected chi connectivity index (χ0v) is 18.4. The molecule has 158 valence electrons. The summed E-state index contributed by atoms with van der Waals surface area (Å²) in [6.45, 7) is 8.03. The van der Waals surface area contributed by atoms with Gasteiger partial charge in [-0.05, 0) is 56.2 Å². The molecule has 0 bridgehead atoms.